The van der Waals surface area contributed by atoms with Crippen molar-refractivity contribution in [3.8, 4) is 0 Å². The molecule has 0 aliphatic carbocycles. The second kappa shape index (κ2) is 5.78. The van der Waals surface area contributed by atoms with Crippen LogP contribution in [0.4, 0.5) is 0 Å². The summed E-state index contributed by atoms with van der Waals surface area (Å²) in [6.07, 6.45) is 2.50. The lowest BCUT2D eigenvalue weighted by atomic mass is 10.0. The Hall–Kier alpha value is -0.860. The number of aliphatic hydroxyl groups is 1. The van der Waals surface area contributed by atoms with Crippen molar-refractivity contribution in [1.82, 2.24) is 0 Å². The molecule has 0 amide bonds. The Balaban J connectivity index is 2.35. The van der Waals surface area contributed by atoms with Gasteiger partial charge in [-0.25, -0.2) is 0 Å². The van der Waals surface area contributed by atoms with Gasteiger partial charge < -0.3 is 10.8 Å². The Labute approximate surface area is 85.8 Å². The van der Waals surface area contributed by atoms with Crippen LogP contribution < -0.4 is 5.73 Å². The maximum absolute atomic E-state index is 9.28. The third-order valence-corrected chi connectivity index (χ3v) is 2.52. The third-order valence-electron chi connectivity index (χ3n) is 2.52. The van der Waals surface area contributed by atoms with Crippen LogP contribution in [-0.4, -0.2) is 17.8 Å². The predicted octanol–water partition coefficient (Wildman–Crippen LogP) is 1.64. The van der Waals surface area contributed by atoms with Gasteiger partial charge in [0.15, 0.2) is 0 Å². The van der Waals surface area contributed by atoms with E-state index in [2.05, 4.69) is 25.1 Å². The zero-order valence-electron chi connectivity index (χ0n) is 8.74. The Morgan fingerprint density at radius 2 is 2.07 bits per heavy atom. The molecule has 1 unspecified atom stereocenters. The van der Waals surface area contributed by atoms with Crippen LogP contribution in [0.2, 0.25) is 0 Å². The molecule has 0 radical (unpaired) electrons. The highest BCUT2D eigenvalue weighted by molar-refractivity contribution is 5.25. The molecule has 1 aromatic carbocycles. The predicted molar refractivity (Wildman–Crippen MR) is 59.2 cm³/mol. The number of aliphatic hydroxyl groups excluding tert-OH is 1. The largest absolute Gasteiger partial charge is 0.392 e. The normalized spacial score (nSPS) is 12.8. The Bertz CT molecular complexity index is 273. The highest BCUT2D eigenvalue weighted by Gasteiger charge is 2.01. The molecule has 1 atom stereocenters. The van der Waals surface area contributed by atoms with Gasteiger partial charge >= 0.3 is 0 Å². The number of aryl methyl sites for hydroxylation is 2. The minimum Gasteiger partial charge on any atom is -0.392 e. The summed E-state index contributed by atoms with van der Waals surface area (Å²) in [5.74, 6) is 0. The first-order valence-electron chi connectivity index (χ1n) is 5.16. The van der Waals surface area contributed by atoms with E-state index in [1.165, 1.54) is 11.1 Å². The standard InChI is InChI=1S/C12H19NO/c1-10-5-2-3-6-11(10)7-4-8-12(14)9-13/h2-3,5-6,12,14H,4,7-9,13H2,1H3. The van der Waals surface area contributed by atoms with E-state index in [4.69, 9.17) is 5.73 Å². The van der Waals surface area contributed by atoms with Gasteiger partial charge in [0, 0.05) is 6.54 Å². The van der Waals surface area contributed by atoms with Crippen molar-refractivity contribution in [3.63, 3.8) is 0 Å². The van der Waals surface area contributed by atoms with Crippen molar-refractivity contribution in [2.75, 3.05) is 6.54 Å². The monoisotopic (exact) mass is 193 g/mol. The number of benzene rings is 1. The van der Waals surface area contributed by atoms with Gasteiger partial charge in [0.1, 0.15) is 0 Å². The van der Waals surface area contributed by atoms with Gasteiger partial charge in [-0.2, -0.15) is 0 Å². The van der Waals surface area contributed by atoms with Gasteiger partial charge in [-0.05, 0) is 37.3 Å². The SMILES string of the molecule is Cc1ccccc1CCCC(O)CN. The zero-order chi connectivity index (χ0) is 10.4. The first-order valence-corrected chi connectivity index (χ1v) is 5.16. The lowest BCUT2D eigenvalue weighted by Crippen LogP contribution is -2.19. The van der Waals surface area contributed by atoms with Crippen LogP contribution in [0.25, 0.3) is 0 Å². The lowest BCUT2D eigenvalue weighted by Gasteiger charge is -2.08. The summed E-state index contributed by atoms with van der Waals surface area (Å²) in [7, 11) is 0. The molecule has 0 bridgehead atoms. The molecule has 0 saturated carbocycles. The third kappa shape index (κ3) is 3.48. The molecular weight excluding hydrogens is 174 g/mol. The number of nitrogens with two attached hydrogens (primary N) is 1. The minimum atomic E-state index is -0.334. The maximum Gasteiger partial charge on any atom is 0.0662 e. The van der Waals surface area contributed by atoms with E-state index in [1.54, 1.807) is 0 Å². The summed E-state index contributed by atoms with van der Waals surface area (Å²) in [4.78, 5) is 0. The van der Waals surface area contributed by atoms with E-state index in [9.17, 15) is 5.11 Å². The summed E-state index contributed by atoms with van der Waals surface area (Å²) in [6, 6.07) is 8.37. The molecule has 0 aromatic heterocycles. The molecule has 0 heterocycles. The van der Waals surface area contributed by atoms with Crippen LogP contribution in [0.15, 0.2) is 24.3 Å². The summed E-state index contributed by atoms with van der Waals surface area (Å²) in [5.41, 5.74) is 8.03. The number of hydrogen-bond donors (Lipinski definition) is 2. The molecule has 1 rings (SSSR count). The quantitative estimate of drug-likeness (QED) is 0.746. The topological polar surface area (TPSA) is 46.2 Å². The van der Waals surface area contributed by atoms with Crippen LogP contribution >= 0.6 is 0 Å². The fourth-order valence-electron chi connectivity index (χ4n) is 1.54. The second-order valence-electron chi connectivity index (χ2n) is 3.71. The molecule has 0 aliphatic rings. The Morgan fingerprint density at radius 1 is 1.36 bits per heavy atom. The van der Waals surface area contributed by atoms with Gasteiger partial charge in [-0.15, -0.1) is 0 Å². The molecule has 14 heavy (non-hydrogen) atoms. The first kappa shape index (κ1) is 11.2. The van der Waals surface area contributed by atoms with E-state index in [0.29, 0.717) is 6.54 Å². The zero-order valence-corrected chi connectivity index (χ0v) is 8.74. The molecule has 0 spiro atoms. The average molecular weight is 193 g/mol. The van der Waals surface area contributed by atoms with Gasteiger partial charge in [-0.3, -0.25) is 0 Å². The molecule has 2 heteroatoms. The summed E-state index contributed by atoms with van der Waals surface area (Å²) in [5, 5.41) is 9.28. The van der Waals surface area contributed by atoms with Crippen molar-refractivity contribution in [2.45, 2.75) is 32.3 Å². The molecule has 1 aromatic rings. The van der Waals surface area contributed by atoms with Crippen LogP contribution in [0.1, 0.15) is 24.0 Å². The highest BCUT2D eigenvalue weighted by Crippen LogP contribution is 2.11. The summed E-state index contributed by atoms with van der Waals surface area (Å²) >= 11 is 0. The lowest BCUT2D eigenvalue weighted by molar-refractivity contribution is 0.170. The minimum absolute atomic E-state index is 0.334. The van der Waals surface area contributed by atoms with Crippen molar-refractivity contribution in [1.29, 1.82) is 0 Å². The van der Waals surface area contributed by atoms with Crippen molar-refractivity contribution >= 4 is 0 Å². The van der Waals surface area contributed by atoms with Crippen LogP contribution in [0.5, 0.6) is 0 Å². The molecule has 0 fully saturated rings. The van der Waals surface area contributed by atoms with Crippen LogP contribution in [-0.2, 0) is 6.42 Å². The van der Waals surface area contributed by atoms with Crippen molar-refractivity contribution in [2.24, 2.45) is 5.73 Å². The van der Waals surface area contributed by atoms with Crippen LogP contribution in [0, 0.1) is 6.92 Å². The molecular formula is C12H19NO. The van der Waals surface area contributed by atoms with E-state index >= 15 is 0 Å². The van der Waals surface area contributed by atoms with Crippen molar-refractivity contribution in [3.05, 3.63) is 35.4 Å². The van der Waals surface area contributed by atoms with Gasteiger partial charge in [0.05, 0.1) is 6.10 Å². The fourth-order valence-corrected chi connectivity index (χ4v) is 1.54. The first-order chi connectivity index (χ1) is 6.74. The second-order valence-corrected chi connectivity index (χ2v) is 3.71. The average Bonchev–Trinajstić information content (AvgIpc) is 2.20. The molecule has 0 saturated heterocycles. The Kier molecular flexibility index (Phi) is 4.63. The van der Waals surface area contributed by atoms with E-state index in [1.807, 2.05) is 6.07 Å². The highest BCUT2D eigenvalue weighted by atomic mass is 16.3. The van der Waals surface area contributed by atoms with Gasteiger partial charge in [0.25, 0.3) is 0 Å². The van der Waals surface area contributed by atoms with E-state index in [-0.39, 0.29) is 6.10 Å². The number of rotatable bonds is 5. The molecule has 78 valence electrons. The summed E-state index contributed by atoms with van der Waals surface area (Å²) < 4.78 is 0. The van der Waals surface area contributed by atoms with E-state index < -0.39 is 0 Å². The van der Waals surface area contributed by atoms with Crippen LogP contribution in [0.3, 0.4) is 0 Å². The van der Waals surface area contributed by atoms with Crippen molar-refractivity contribution < 1.29 is 5.11 Å². The van der Waals surface area contributed by atoms with E-state index in [0.717, 1.165) is 19.3 Å². The molecule has 2 nitrogen and oxygen atoms in total. The maximum atomic E-state index is 9.28. The van der Waals surface area contributed by atoms with Gasteiger partial charge in [-0.1, -0.05) is 24.3 Å². The fraction of sp³-hybridized carbons (Fsp3) is 0.500. The number of hydrogen-bond acceptors (Lipinski definition) is 2. The molecule has 0 aliphatic heterocycles. The van der Waals surface area contributed by atoms with Gasteiger partial charge in [0.2, 0.25) is 0 Å². The molecule has 3 N–H and O–H groups in total. The Morgan fingerprint density at radius 3 is 2.71 bits per heavy atom. The smallest absolute Gasteiger partial charge is 0.0662 e. The summed E-state index contributed by atoms with van der Waals surface area (Å²) in [6.45, 7) is 2.49.